The Balaban J connectivity index is 1.50. The maximum Gasteiger partial charge on any atom is 0.317 e. The van der Waals surface area contributed by atoms with Gasteiger partial charge in [0.25, 0.3) is 0 Å². The van der Waals surface area contributed by atoms with E-state index < -0.39 is 0 Å². The van der Waals surface area contributed by atoms with Crippen molar-refractivity contribution in [2.75, 3.05) is 37.6 Å². The van der Waals surface area contributed by atoms with E-state index in [1.807, 2.05) is 23.1 Å². The van der Waals surface area contributed by atoms with Crippen LogP contribution in [-0.2, 0) is 6.42 Å². The predicted octanol–water partition coefficient (Wildman–Crippen LogP) is 3.69. The molecule has 0 aromatic heterocycles. The van der Waals surface area contributed by atoms with E-state index in [1.54, 1.807) is 0 Å². The molecule has 1 aliphatic heterocycles. The van der Waals surface area contributed by atoms with Gasteiger partial charge >= 0.3 is 6.03 Å². The van der Waals surface area contributed by atoms with Crippen molar-refractivity contribution >= 4 is 11.7 Å². The molecular formula is C22H29N3O. The van der Waals surface area contributed by atoms with Crippen LogP contribution in [0.3, 0.4) is 0 Å². The Morgan fingerprint density at radius 2 is 1.58 bits per heavy atom. The molecule has 0 aliphatic carbocycles. The molecule has 0 unspecified atom stereocenters. The van der Waals surface area contributed by atoms with Gasteiger partial charge in [0, 0.05) is 38.4 Å². The predicted molar refractivity (Wildman–Crippen MR) is 108 cm³/mol. The molecule has 1 fully saturated rings. The van der Waals surface area contributed by atoms with Crippen LogP contribution in [-0.4, -0.2) is 43.7 Å². The molecule has 1 heterocycles. The van der Waals surface area contributed by atoms with Crippen molar-refractivity contribution in [3.05, 3.63) is 64.7 Å². The second-order valence-corrected chi connectivity index (χ2v) is 7.19. The van der Waals surface area contributed by atoms with Gasteiger partial charge in [0.15, 0.2) is 0 Å². The molecule has 4 nitrogen and oxygen atoms in total. The molecule has 1 aliphatic rings. The largest absolute Gasteiger partial charge is 0.368 e. The number of hydrogen-bond acceptors (Lipinski definition) is 2. The molecular weight excluding hydrogens is 322 g/mol. The second kappa shape index (κ2) is 8.26. The fourth-order valence-corrected chi connectivity index (χ4v) is 3.87. The van der Waals surface area contributed by atoms with Crippen molar-refractivity contribution in [1.82, 2.24) is 10.2 Å². The van der Waals surface area contributed by atoms with Crippen molar-refractivity contribution in [3.8, 4) is 0 Å². The maximum absolute atomic E-state index is 12.4. The highest BCUT2D eigenvalue weighted by molar-refractivity contribution is 5.74. The minimum atomic E-state index is 0.0536. The molecule has 2 aromatic rings. The highest BCUT2D eigenvalue weighted by atomic mass is 16.2. The van der Waals surface area contributed by atoms with Gasteiger partial charge in [-0.05, 0) is 43.9 Å². The average Bonchev–Trinajstić information content (AvgIpc) is 2.62. The normalized spacial score (nSPS) is 14.4. The van der Waals surface area contributed by atoms with E-state index in [0.29, 0.717) is 6.54 Å². The van der Waals surface area contributed by atoms with E-state index in [9.17, 15) is 4.79 Å². The van der Waals surface area contributed by atoms with Crippen molar-refractivity contribution in [1.29, 1.82) is 0 Å². The molecule has 0 atom stereocenters. The first-order valence-corrected chi connectivity index (χ1v) is 9.44. The van der Waals surface area contributed by atoms with Crippen LogP contribution < -0.4 is 10.2 Å². The van der Waals surface area contributed by atoms with Crippen LogP contribution in [0.15, 0.2) is 42.5 Å². The summed E-state index contributed by atoms with van der Waals surface area (Å²) in [5.74, 6) is 0. The first-order valence-electron chi connectivity index (χ1n) is 9.44. The summed E-state index contributed by atoms with van der Waals surface area (Å²) in [5, 5.41) is 3.05. The summed E-state index contributed by atoms with van der Waals surface area (Å²) in [6.07, 6.45) is 0.869. The Bertz CT molecular complexity index is 726. The Morgan fingerprint density at radius 3 is 2.19 bits per heavy atom. The van der Waals surface area contributed by atoms with Gasteiger partial charge in [-0.2, -0.15) is 0 Å². The Kier molecular flexibility index (Phi) is 5.82. The lowest BCUT2D eigenvalue weighted by molar-refractivity contribution is 0.194. The topological polar surface area (TPSA) is 35.6 Å². The Labute approximate surface area is 156 Å². The van der Waals surface area contributed by atoms with E-state index in [0.717, 1.165) is 32.6 Å². The molecule has 138 valence electrons. The van der Waals surface area contributed by atoms with Crippen LogP contribution >= 0.6 is 0 Å². The number of nitrogens with zero attached hydrogens (tertiary/aromatic N) is 2. The number of nitrogens with one attached hydrogen (secondary N) is 1. The number of rotatable bonds is 4. The number of carbonyl (C=O) groups excluding carboxylic acids is 1. The fraction of sp³-hybridized carbons (Fsp3) is 0.409. The zero-order valence-corrected chi connectivity index (χ0v) is 16.1. The first-order chi connectivity index (χ1) is 12.5. The third-order valence-corrected chi connectivity index (χ3v) is 5.05. The second-order valence-electron chi connectivity index (χ2n) is 7.19. The summed E-state index contributed by atoms with van der Waals surface area (Å²) in [4.78, 5) is 16.8. The van der Waals surface area contributed by atoms with Crippen LogP contribution in [0.2, 0.25) is 0 Å². The third-order valence-electron chi connectivity index (χ3n) is 5.05. The standard InChI is InChI=1S/C22H29N3O/c1-17-15-18(2)21(19(3)16-17)24-11-13-25(14-12-24)22(26)23-10-9-20-7-5-4-6-8-20/h4-8,15-16H,9-14H2,1-3H3,(H,23,26). The van der Waals surface area contributed by atoms with Gasteiger partial charge in [0.1, 0.15) is 0 Å². The quantitative estimate of drug-likeness (QED) is 0.912. The monoisotopic (exact) mass is 351 g/mol. The van der Waals surface area contributed by atoms with Crippen LogP contribution in [0, 0.1) is 20.8 Å². The number of piperazine rings is 1. The van der Waals surface area contributed by atoms with Gasteiger partial charge in [-0.15, -0.1) is 0 Å². The molecule has 1 saturated heterocycles. The zero-order chi connectivity index (χ0) is 18.5. The number of benzene rings is 2. The van der Waals surface area contributed by atoms with Gasteiger partial charge < -0.3 is 15.1 Å². The number of carbonyl (C=O) groups is 1. The number of urea groups is 1. The van der Waals surface area contributed by atoms with E-state index in [1.165, 1.54) is 27.9 Å². The first kappa shape index (κ1) is 18.3. The molecule has 2 amide bonds. The molecule has 3 rings (SSSR count). The minimum absolute atomic E-state index is 0.0536. The number of amides is 2. The summed E-state index contributed by atoms with van der Waals surface area (Å²) in [6, 6.07) is 14.8. The summed E-state index contributed by atoms with van der Waals surface area (Å²) >= 11 is 0. The third kappa shape index (κ3) is 4.37. The van der Waals surface area contributed by atoms with Crippen LogP contribution in [0.5, 0.6) is 0 Å². The molecule has 0 saturated carbocycles. The molecule has 0 bridgehead atoms. The van der Waals surface area contributed by atoms with Crippen LogP contribution in [0.4, 0.5) is 10.5 Å². The van der Waals surface area contributed by atoms with Gasteiger partial charge in [-0.25, -0.2) is 4.79 Å². The lowest BCUT2D eigenvalue weighted by atomic mass is 10.0. The van der Waals surface area contributed by atoms with Crippen molar-refractivity contribution < 1.29 is 4.79 Å². The van der Waals surface area contributed by atoms with Crippen molar-refractivity contribution in [2.24, 2.45) is 0 Å². The van der Waals surface area contributed by atoms with Crippen LogP contribution in [0.1, 0.15) is 22.3 Å². The van der Waals surface area contributed by atoms with Crippen molar-refractivity contribution in [3.63, 3.8) is 0 Å². The summed E-state index contributed by atoms with van der Waals surface area (Å²) < 4.78 is 0. The number of hydrogen-bond donors (Lipinski definition) is 1. The SMILES string of the molecule is Cc1cc(C)c(N2CCN(C(=O)NCCc3ccccc3)CC2)c(C)c1. The van der Waals surface area contributed by atoms with Gasteiger partial charge in [-0.3, -0.25) is 0 Å². The van der Waals surface area contributed by atoms with E-state index in [-0.39, 0.29) is 6.03 Å². The molecule has 0 spiro atoms. The molecule has 4 heteroatoms. The maximum atomic E-state index is 12.4. The molecule has 0 radical (unpaired) electrons. The Morgan fingerprint density at radius 1 is 0.962 bits per heavy atom. The average molecular weight is 351 g/mol. The van der Waals surface area contributed by atoms with Gasteiger partial charge in [0.2, 0.25) is 0 Å². The highest BCUT2D eigenvalue weighted by Crippen LogP contribution is 2.27. The summed E-state index contributed by atoms with van der Waals surface area (Å²) in [6.45, 7) is 10.5. The molecule has 26 heavy (non-hydrogen) atoms. The molecule has 1 N–H and O–H groups in total. The zero-order valence-electron chi connectivity index (χ0n) is 16.1. The lowest BCUT2D eigenvalue weighted by Gasteiger charge is -2.37. The van der Waals surface area contributed by atoms with E-state index >= 15 is 0 Å². The van der Waals surface area contributed by atoms with Gasteiger partial charge in [0.05, 0.1) is 0 Å². The number of aryl methyl sites for hydroxylation is 3. The lowest BCUT2D eigenvalue weighted by Crippen LogP contribution is -2.52. The van der Waals surface area contributed by atoms with Crippen LogP contribution in [0.25, 0.3) is 0 Å². The van der Waals surface area contributed by atoms with Gasteiger partial charge in [-0.1, -0.05) is 48.0 Å². The van der Waals surface area contributed by atoms with E-state index in [2.05, 4.69) is 55.3 Å². The van der Waals surface area contributed by atoms with E-state index in [4.69, 9.17) is 0 Å². The molecule has 2 aromatic carbocycles. The minimum Gasteiger partial charge on any atom is -0.368 e. The fourth-order valence-electron chi connectivity index (χ4n) is 3.87. The summed E-state index contributed by atoms with van der Waals surface area (Å²) in [7, 11) is 0. The smallest absolute Gasteiger partial charge is 0.317 e. The summed E-state index contributed by atoms with van der Waals surface area (Å²) in [5.41, 5.74) is 6.54. The van der Waals surface area contributed by atoms with Crippen molar-refractivity contribution in [2.45, 2.75) is 27.2 Å². The highest BCUT2D eigenvalue weighted by Gasteiger charge is 2.22. The number of anilines is 1. The Hall–Kier alpha value is -2.49.